The molecule has 0 aromatic heterocycles. The number of nitro groups is 1. The van der Waals surface area contributed by atoms with Gasteiger partial charge in [-0.25, -0.2) is 0 Å². The SMILES string of the molecule is CC(CO)(NCc1ccc([N+](=O)[O-])cc1)c1ccccc1. The van der Waals surface area contributed by atoms with Gasteiger partial charge < -0.3 is 10.4 Å². The number of aliphatic hydroxyl groups excluding tert-OH is 1. The van der Waals surface area contributed by atoms with Crippen LogP contribution in [0.15, 0.2) is 54.6 Å². The van der Waals surface area contributed by atoms with Crippen molar-refractivity contribution >= 4 is 5.69 Å². The molecule has 0 aliphatic heterocycles. The van der Waals surface area contributed by atoms with Gasteiger partial charge in [0, 0.05) is 18.7 Å². The van der Waals surface area contributed by atoms with Crippen LogP contribution in [0.25, 0.3) is 0 Å². The summed E-state index contributed by atoms with van der Waals surface area (Å²) in [6, 6.07) is 16.1. The van der Waals surface area contributed by atoms with Crippen molar-refractivity contribution in [2.24, 2.45) is 0 Å². The van der Waals surface area contributed by atoms with Crippen LogP contribution in [0.3, 0.4) is 0 Å². The maximum absolute atomic E-state index is 10.6. The van der Waals surface area contributed by atoms with Crippen LogP contribution < -0.4 is 5.32 Å². The smallest absolute Gasteiger partial charge is 0.269 e. The van der Waals surface area contributed by atoms with Crippen molar-refractivity contribution < 1.29 is 10.0 Å². The zero-order valence-corrected chi connectivity index (χ0v) is 11.8. The number of rotatable bonds is 6. The molecule has 0 spiro atoms. The maximum atomic E-state index is 10.6. The van der Waals surface area contributed by atoms with Crippen molar-refractivity contribution in [3.05, 3.63) is 75.8 Å². The predicted octanol–water partition coefficient (Wildman–Crippen LogP) is 2.59. The number of benzene rings is 2. The van der Waals surface area contributed by atoms with E-state index in [1.165, 1.54) is 12.1 Å². The summed E-state index contributed by atoms with van der Waals surface area (Å²) in [7, 11) is 0. The molecular formula is C16H18N2O3. The molecule has 0 heterocycles. The molecule has 5 heteroatoms. The highest BCUT2D eigenvalue weighted by molar-refractivity contribution is 5.33. The summed E-state index contributed by atoms with van der Waals surface area (Å²) in [6.07, 6.45) is 0. The average Bonchev–Trinajstić information content (AvgIpc) is 2.54. The topological polar surface area (TPSA) is 75.4 Å². The van der Waals surface area contributed by atoms with E-state index in [4.69, 9.17) is 0 Å². The summed E-state index contributed by atoms with van der Waals surface area (Å²) in [5.74, 6) is 0. The van der Waals surface area contributed by atoms with Gasteiger partial charge in [0.25, 0.3) is 5.69 Å². The van der Waals surface area contributed by atoms with Gasteiger partial charge in [-0.3, -0.25) is 10.1 Å². The number of non-ortho nitro benzene ring substituents is 1. The van der Waals surface area contributed by atoms with E-state index in [-0.39, 0.29) is 12.3 Å². The second-order valence-electron chi connectivity index (χ2n) is 5.13. The first-order chi connectivity index (χ1) is 10.0. The Kier molecular flexibility index (Phi) is 4.67. The summed E-state index contributed by atoms with van der Waals surface area (Å²) in [5, 5.41) is 23.6. The Morgan fingerprint density at radius 1 is 1.14 bits per heavy atom. The second kappa shape index (κ2) is 6.47. The molecule has 0 fully saturated rings. The van der Waals surface area contributed by atoms with Crippen LogP contribution in [0.5, 0.6) is 0 Å². The van der Waals surface area contributed by atoms with Crippen LogP contribution in [0, 0.1) is 10.1 Å². The van der Waals surface area contributed by atoms with Gasteiger partial charge >= 0.3 is 0 Å². The molecule has 5 nitrogen and oxygen atoms in total. The lowest BCUT2D eigenvalue weighted by Gasteiger charge is -2.29. The van der Waals surface area contributed by atoms with Crippen LogP contribution >= 0.6 is 0 Å². The lowest BCUT2D eigenvalue weighted by Crippen LogP contribution is -2.42. The molecule has 0 radical (unpaired) electrons. The lowest BCUT2D eigenvalue weighted by atomic mass is 9.92. The van der Waals surface area contributed by atoms with E-state index in [1.807, 2.05) is 37.3 Å². The van der Waals surface area contributed by atoms with E-state index in [0.717, 1.165) is 11.1 Å². The van der Waals surface area contributed by atoms with E-state index in [0.29, 0.717) is 6.54 Å². The Hall–Kier alpha value is -2.24. The minimum atomic E-state index is -0.553. The first-order valence-corrected chi connectivity index (χ1v) is 6.70. The van der Waals surface area contributed by atoms with Gasteiger partial charge in [-0.2, -0.15) is 0 Å². The van der Waals surface area contributed by atoms with Crippen LogP contribution in [-0.4, -0.2) is 16.6 Å². The molecule has 21 heavy (non-hydrogen) atoms. The zero-order chi connectivity index (χ0) is 15.3. The zero-order valence-electron chi connectivity index (χ0n) is 11.8. The van der Waals surface area contributed by atoms with Gasteiger partial charge in [-0.05, 0) is 18.1 Å². The Balaban J connectivity index is 2.08. The molecule has 0 saturated heterocycles. The molecule has 110 valence electrons. The molecule has 0 aliphatic rings. The third kappa shape index (κ3) is 3.65. The molecule has 2 aromatic rings. The number of hydrogen-bond acceptors (Lipinski definition) is 4. The highest BCUT2D eigenvalue weighted by Crippen LogP contribution is 2.21. The third-order valence-electron chi connectivity index (χ3n) is 3.56. The molecular weight excluding hydrogens is 268 g/mol. The number of nitro benzene ring substituents is 1. The van der Waals surface area contributed by atoms with Crippen LogP contribution in [-0.2, 0) is 12.1 Å². The van der Waals surface area contributed by atoms with Gasteiger partial charge in [0.2, 0.25) is 0 Å². The molecule has 0 amide bonds. The first-order valence-electron chi connectivity index (χ1n) is 6.70. The highest BCUT2D eigenvalue weighted by Gasteiger charge is 2.24. The van der Waals surface area contributed by atoms with Crippen LogP contribution in [0.2, 0.25) is 0 Å². The average molecular weight is 286 g/mol. The quantitative estimate of drug-likeness (QED) is 0.632. The molecule has 2 rings (SSSR count). The van der Waals surface area contributed by atoms with Crippen molar-refractivity contribution in [3.8, 4) is 0 Å². The van der Waals surface area contributed by atoms with Crippen LogP contribution in [0.1, 0.15) is 18.1 Å². The third-order valence-corrected chi connectivity index (χ3v) is 3.56. The number of nitrogens with zero attached hydrogens (tertiary/aromatic N) is 1. The monoisotopic (exact) mass is 286 g/mol. The van der Waals surface area contributed by atoms with Gasteiger partial charge in [0.15, 0.2) is 0 Å². The molecule has 2 aromatic carbocycles. The molecule has 2 N–H and O–H groups in total. The van der Waals surface area contributed by atoms with Gasteiger partial charge in [-0.15, -0.1) is 0 Å². The first kappa shape index (κ1) is 15.2. The summed E-state index contributed by atoms with van der Waals surface area (Å²) in [6.45, 7) is 2.40. The highest BCUT2D eigenvalue weighted by atomic mass is 16.6. The van der Waals surface area contributed by atoms with Gasteiger partial charge in [0.05, 0.1) is 17.1 Å². The van der Waals surface area contributed by atoms with E-state index in [9.17, 15) is 15.2 Å². The predicted molar refractivity (Wildman–Crippen MR) is 80.8 cm³/mol. The summed E-state index contributed by atoms with van der Waals surface area (Å²) in [5.41, 5.74) is 1.44. The minimum Gasteiger partial charge on any atom is -0.394 e. The Labute approximate surface area is 123 Å². The molecule has 0 saturated carbocycles. The Morgan fingerprint density at radius 3 is 2.29 bits per heavy atom. The summed E-state index contributed by atoms with van der Waals surface area (Å²) >= 11 is 0. The van der Waals surface area contributed by atoms with Gasteiger partial charge in [0.1, 0.15) is 0 Å². The molecule has 1 atom stereocenters. The van der Waals surface area contributed by atoms with Crippen LogP contribution in [0.4, 0.5) is 5.69 Å². The fourth-order valence-corrected chi connectivity index (χ4v) is 2.09. The normalized spacial score (nSPS) is 13.6. The van der Waals surface area contributed by atoms with Crippen molar-refractivity contribution in [1.82, 2.24) is 5.32 Å². The minimum absolute atomic E-state index is 0.0377. The maximum Gasteiger partial charge on any atom is 0.269 e. The molecule has 1 unspecified atom stereocenters. The van der Waals surface area contributed by atoms with E-state index < -0.39 is 10.5 Å². The lowest BCUT2D eigenvalue weighted by molar-refractivity contribution is -0.384. The Morgan fingerprint density at radius 2 is 1.76 bits per heavy atom. The fourth-order valence-electron chi connectivity index (χ4n) is 2.09. The number of nitrogens with one attached hydrogen (secondary N) is 1. The van der Waals surface area contributed by atoms with Crippen molar-refractivity contribution in [2.45, 2.75) is 19.0 Å². The fraction of sp³-hybridized carbons (Fsp3) is 0.250. The van der Waals surface area contributed by atoms with E-state index >= 15 is 0 Å². The molecule has 0 bridgehead atoms. The summed E-state index contributed by atoms with van der Waals surface area (Å²) < 4.78 is 0. The van der Waals surface area contributed by atoms with E-state index in [2.05, 4.69) is 5.32 Å². The number of aliphatic hydroxyl groups is 1. The van der Waals surface area contributed by atoms with Crippen molar-refractivity contribution in [3.63, 3.8) is 0 Å². The summed E-state index contributed by atoms with van der Waals surface area (Å²) in [4.78, 5) is 10.2. The molecule has 0 aliphatic carbocycles. The van der Waals surface area contributed by atoms with Gasteiger partial charge in [-0.1, -0.05) is 42.5 Å². The standard InChI is InChI=1S/C16H18N2O3/c1-16(12-19,14-5-3-2-4-6-14)17-11-13-7-9-15(10-8-13)18(20)21/h2-10,17,19H,11-12H2,1H3. The number of hydrogen-bond donors (Lipinski definition) is 2. The Bertz CT molecular complexity index is 599. The van der Waals surface area contributed by atoms with Crippen molar-refractivity contribution in [1.29, 1.82) is 0 Å². The second-order valence-corrected chi connectivity index (χ2v) is 5.13. The van der Waals surface area contributed by atoms with E-state index in [1.54, 1.807) is 12.1 Å². The largest absolute Gasteiger partial charge is 0.394 e. The van der Waals surface area contributed by atoms with Crippen molar-refractivity contribution in [2.75, 3.05) is 6.61 Å².